The largest absolute Gasteiger partial charge is 0.352 e. The van der Waals surface area contributed by atoms with Crippen LogP contribution in [0.3, 0.4) is 0 Å². The molecule has 154 valence electrons. The van der Waals surface area contributed by atoms with Gasteiger partial charge in [0.2, 0.25) is 5.79 Å². The van der Waals surface area contributed by atoms with E-state index in [4.69, 9.17) is 0 Å². The highest BCUT2D eigenvalue weighted by molar-refractivity contribution is 5.75. The van der Waals surface area contributed by atoms with Gasteiger partial charge in [0.25, 0.3) is 0 Å². The zero-order chi connectivity index (χ0) is 20.5. The number of halogens is 1. The molecule has 1 aliphatic heterocycles. The van der Waals surface area contributed by atoms with Gasteiger partial charge in [-0.15, -0.1) is 0 Å². The van der Waals surface area contributed by atoms with Crippen molar-refractivity contribution >= 4 is 5.57 Å². The molecule has 1 N–H and O–H groups in total. The first-order valence-corrected chi connectivity index (χ1v) is 11.2. The smallest absolute Gasteiger partial charge is 0.225 e. The molecule has 1 atom stereocenters. The van der Waals surface area contributed by atoms with Crippen molar-refractivity contribution in [3.8, 4) is 0 Å². The Hall–Kier alpha value is -2.35. The van der Waals surface area contributed by atoms with Gasteiger partial charge in [0, 0.05) is 11.8 Å². The first kappa shape index (κ1) is 21.4. The molecule has 2 aromatic carbocycles. The monoisotopic (exact) mass is 391 g/mol. The van der Waals surface area contributed by atoms with E-state index in [9.17, 15) is 0 Å². The zero-order valence-electron chi connectivity index (χ0n) is 17.9. The molecule has 1 aliphatic rings. The van der Waals surface area contributed by atoms with Crippen LogP contribution in [0.1, 0.15) is 74.6 Å². The lowest BCUT2D eigenvalue weighted by molar-refractivity contribution is 0.200. The Balaban J connectivity index is 1.54. The number of allylic oxidation sites excluding steroid dienone is 2. The maximum atomic E-state index is 15.3. The summed E-state index contributed by atoms with van der Waals surface area (Å²) in [7, 11) is 0. The Morgan fingerprint density at radius 3 is 2.07 bits per heavy atom. The van der Waals surface area contributed by atoms with Crippen LogP contribution in [0.4, 0.5) is 4.39 Å². The summed E-state index contributed by atoms with van der Waals surface area (Å²) >= 11 is 0. The van der Waals surface area contributed by atoms with Gasteiger partial charge in [0.05, 0.1) is 0 Å². The molecule has 2 heteroatoms. The van der Waals surface area contributed by atoms with Gasteiger partial charge in [0.15, 0.2) is 0 Å². The van der Waals surface area contributed by atoms with E-state index < -0.39 is 5.79 Å². The van der Waals surface area contributed by atoms with Crippen LogP contribution in [-0.4, -0.2) is 0 Å². The van der Waals surface area contributed by atoms with Crippen LogP contribution < -0.4 is 5.32 Å². The summed E-state index contributed by atoms with van der Waals surface area (Å²) in [6.07, 6.45) is 15.3. The van der Waals surface area contributed by atoms with E-state index in [0.717, 1.165) is 24.0 Å². The van der Waals surface area contributed by atoms with Crippen LogP contribution >= 0.6 is 0 Å². The second kappa shape index (κ2) is 10.4. The molecule has 1 heterocycles. The highest BCUT2D eigenvalue weighted by atomic mass is 19.1. The number of dihydropyridines is 1. The summed E-state index contributed by atoms with van der Waals surface area (Å²) < 4.78 is 15.3. The minimum absolute atomic E-state index is 0.635. The van der Waals surface area contributed by atoms with Crippen molar-refractivity contribution in [2.75, 3.05) is 0 Å². The maximum Gasteiger partial charge on any atom is 0.225 e. The van der Waals surface area contributed by atoms with Crippen LogP contribution in [0, 0.1) is 0 Å². The number of unbranched alkanes of at least 4 members (excludes halogenated alkanes) is 5. The zero-order valence-corrected chi connectivity index (χ0v) is 17.9. The molecule has 0 radical (unpaired) electrons. The van der Waals surface area contributed by atoms with Gasteiger partial charge in [-0.2, -0.15) is 0 Å². The first-order valence-electron chi connectivity index (χ1n) is 11.2. The third-order valence-corrected chi connectivity index (χ3v) is 5.82. The second-order valence-electron chi connectivity index (χ2n) is 8.05. The number of rotatable bonds is 10. The lowest BCUT2D eigenvalue weighted by Crippen LogP contribution is -2.34. The Morgan fingerprint density at radius 2 is 1.45 bits per heavy atom. The SMILES string of the molecule is CCCCCCCCc1ccc(C2=CNC(F)(c3ccc(CC)cc3)C=C2)cc1. The molecule has 0 bridgehead atoms. The number of nitrogens with one attached hydrogen (secondary N) is 1. The van der Waals surface area contributed by atoms with Gasteiger partial charge < -0.3 is 5.32 Å². The third kappa shape index (κ3) is 5.82. The molecule has 0 fully saturated rings. The van der Waals surface area contributed by atoms with E-state index in [-0.39, 0.29) is 0 Å². The summed E-state index contributed by atoms with van der Waals surface area (Å²) in [6, 6.07) is 16.4. The topological polar surface area (TPSA) is 12.0 Å². The predicted molar refractivity (Wildman–Crippen MR) is 122 cm³/mol. The molecular weight excluding hydrogens is 357 g/mol. The van der Waals surface area contributed by atoms with E-state index in [2.05, 4.69) is 43.4 Å². The summed E-state index contributed by atoms with van der Waals surface area (Å²) in [4.78, 5) is 0. The quantitative estimate of drug-likeness (QED) is 0.327. The Bertz CT molecular complexity index is 817. The summed E-state index contributed by atoms with van der Waals surface area (Å²) in [5.74, 6) is -1.65. The lowest BCUT2D eigenvalue weighted by Gasteiger charge is -2.26. The standard InChI is InChI=1S/C27H34FN/c1-3-5-6-7-8-9-10-23-11-15-24(16-12-23)25-19-20-27(28,29-21-25)26-17-13-22(4-2)14-18-26/h11-21,29H,3-10H2,1-2H3. The van der Waals surface area contributed by atoms with E-state index in [1.807, 2.05) is 30.3 Å². The van der Waals surface area contributed by atoms with Gasteiger partial charge >= 0.3 is 0 Å². The van der Waals surface area contributed by atoms with Crippen LogP contribution in [0.25, 0.3) is 5.57 Å². The number of alkyl halides is 1. The molecule has 3 rings (SSSR count). The summed E-state index contributed by atoms with van der Waals surface area (Å²) in [5.41, 5.74) is 5.36. The average molecular weight is 392 g/mol. The molecule has 0 amide bonds. The fraction of sp³-hybridized carbons (Fsp3) is 0.407. The minimum atomic E-state index is -1.65. The molecule has 2 aromatic rings. The van der Waals surface area contributed by atoms with E-state index in [1.165, 1.54) is 49.7 Å². The fourth-order valence-corrected chi connectivity index (χ4v) is 3.80. The average Bonchev–Trinajstić information content (AvgIpc) is 2.77. The van der Waals surface area contributed by atoms with Crippen LogP contribution in [-0.2, 0) is 18.6 Å². The third-order valence-electron chi connectivity index (χ3n) is 5.82. The molecular formula is C27H34FN. The van der Waals surface area contributed by atoms with Crippen molar-refractivity contribution in [3.63, 3.8) is 0 Å². The second-order valence-corrected chi connectivity index (χ2v) is 8.05. The lowest BCUT2D eigenvalue weighted by atomic mass is 9.95. The van der Waals surface area contributed by atoms with Gasteiger partial charge in [-0.3, -0.25) is 0 Å². The molecule has 0 saturated carbocycles. The van der Waals surface area contributed by atoms with Gasteiger partial charge in [-0.25, -0.2) is 4.39 Å². The summed E-state index contributed by atoms with van der Waals surface area (Å²) in [5, 5.41) is 2.96. The highest BCUT2D eigenvalue weighted by Gasteiger charge is 2.29. The van der Waals surface area contributed by atoms with Gasteiger partial charge in [-0.1, -0.05) is 101 Å². The van der Waals surface area contributed by atoms with E-state index >= 15 is 4.39 Å². The minimum Gasteiger partial charge on any atom is -0.352 e. The Labute approximate surface area is 175 Å². The molecule has 0 saturated heterocycles. The maximum absolute atomic E-state index is 15.3. The molecule has 1 nitrogen and oxygen atoms in total. The number of benzene rings is 2. The van der Waals surface area contributed by atoms with Crippen molar-refractivity contribution in [2.45, 2.75) is 71.0 Å². The Kier molecular flexibility index (Phi) is 7.69. The van der Waals surface area contributed by atoms with Gasteiger partial charge in [0.1, 0.15) is 0 Å². The van der Waals surface area contributed by atoms with Crippen LogP contribution in [0.2, 0.25) is 0 Å². The van der Waals surface area contributed by atoms with E-state index in [0.29, 0.717) is 5.56 Å². The van der Waals surface area contributed by atoms with Crippen molar-refractivity contribution in [3.05, 3.63) is 89.1 Å². The van der Waals surface area contributed by atoms with Crippen molar-refractivity contribution < 1.29 is 4.39 Å². The van der Waals surface area contributed by atoms with Gasteiger partial charge in [-0.05, 0) is 47.6 Å². The van der Waals surface area contributed by atoms with Crippen molar-refractivity contribution in [2.24, 2.45) is 0 Å². The van der Waals surface area contributed by atoms with Crippen LogP contribution in [0.5, 0.6) is 0 Å². The Morgan fingerprint density at radius 1 is 0.793 bits per heavy atom. The molecule has 0 spiro atoms. The molecule has 29 heavy (non-hydrogen) atoms. The molecule has 1 unspecified atom stereocenters. The molecule has 0 aromatic heterocycles. The number of hydrogen-bond acceptors (Lipinski definition) is 1. The van der Waals surface area contributed by atoms with Crippen molar-refractivity contribution in [1.82, 2.24) is 5.32 Å². The van der Waals surface area contributed by atoms with E-state index in [1.54, 1.807) is 12.3 Å². The first-order chi connectivity index (χ1) is 14.1. The summed E-state index contributed by atoms with van der Waals surface area (Å²) in [6.45, 7) is 4.36. The fourth-order valence-electron chi connectivity index (χ4n) is 3.80. The van der Waals surface area contributed by atoms with Crippen molar-refractivity contribution in [1.29, 1.82) is 0 Å². The number of hydrogen-bond donors (Lipinski definition) is 1. The molecule has 0 aliphatic carbocycles. The van der Waals surface area contributed by atoms with Crippen LogP contribution in [0.15, 0.2) is 66.9 Å². The normalized spacial score (nSPS) is 18.4. The highest BCUT2D eigenvalue weighted by Crippen LogP contribution is 2.31. The predicted octanol–water partition coefficient (Wildman–Crippen LogP) is 7.47. The number of aryl methyl sites for hydroxylation is 2.